The van der Waals surface area contributed by atoms with Crippen molar-refractivity contribution >= 4 is 15.9 Å². The van der Waals surface area contributed by atoms with Crippen LogP contribution in [0.4, 0.5) is 26.3 Å². The number of alkyl halides is 6. The molecule has 2 nitrogen and oxygen atoms in total. The van der Waals surface area contributed by atoms with Gasteiger partial charge in [0.05, 0.1) is 4.47 Å². The summed E-state index contributed by atoms with van der Waals surface area (Å²) < 4.78 is 78.3. The third-order valence-corrected chi connectivity index (χ3v) is 2.94. The normalized spacial score (nSPS) is 15.4. The smallest absolute Gasteiger partial charge is 0.424 e. The van der Waals surface area contributed by atoms with Crippen molar-refractivity contribution in [2.75, 3.05) is 6.67 Å². The molecule has 0 heterocycles. The lowest BCUT2D eigenvalue weighted by Gasteiger charge is -2.28. The molecule has 1 aromatic rings. The van der Waals surface area contributed by atoms with Crippen LogP contribution in [0.2, 0.25) is 0 Å². The van der Waals surface area contributed by atoms with Gasteiger partial charge >= 0.3 is 12.8 Å². The van der Waals surface area contributed by atoms with Crippen molar-refractivity contribution in [2.45, 2.75) is 18.4 Å². The zero-order chi connectivity index (χ0) is 14.8. The quantitative estimate of drug-likeness (QED) is 0.836. The van der Waals surface area contributed by atoms with E-state index < -0.39 is 36.4 Å². The van der Waals surface area contributed by atoms with Crippen LogP contribution in [0.5, 0.6) is 5.75 Å². The molecular formula is C10H7BrF6O2. The number of halogens is 7. The van der Waals surface area contributed by atoms with Crippen molar-refractivity contribution in [3.8, 4) is 5.75 Å². The van der Waals surface area contributed by atoms with Gasteiger partial charge in [0.2, 0.25) is 5.60 Å². The summed E-state index contributed by atoms with van der Waals surface area (Å²) in [5.41, 5.74) is -4.70. The van der Waals surface area contributed by atoms with Crippen molar-refractivity contribution in [1.82, 2.24) is 0 Å². The first-order valence-corrected chi connectivity index (χ1v) is 5.51. The van der Waals surface area contributed by atoms with Crippen LogP contribution in [0.1, 0.15) is 5.56 Å². The minimum absolute atomic E-state index is 0.0556. The lowest BCUT2D eigenvalue weighted by atomic mass is 9.94. The molecule has 1 atom stereocenters. The van der Waals surface area contributed by atoms with E-state index in [0.29, 0.717) is 6.07 Å². The molecule has 0 aromatic heterocycles. The van der Waals surface area contributed by atoms with Gasteiger partial charge in [0, 0.05) is 0 Å². The number of hydrogen-bond donors (Lipinski definition) is 1. The molecule has 1 aromatic carbocycles. The standard InChI is InChI=1S/C10H7BrF6O2/c11-6-2-1-5(3-7(6)19-8(13)14)9(18,4-12)10(15,16)17/h1-3,8,18H,4H2. The molecule has 1 N–H and O–H groups in total. The lowest BCUT2D eigenvalue weighted by Crippen LogP contribution is -2.44. The molecule has 0 fully saturated rings. The summed E-state index contributed by atoms with van der Waals surface area (Å²) in [5, 5.41) is 9.32. The second-order valence-electron chi connectivity index (χ2n) is 3.52. The van der Waals surface area contributed by atoms with E-state index in [1.54, 1.807) is 0 Å². The molecule has 1 rings (SSSR count). The molecule has 0 spiro atoms. The summed E-state index contributed by atoms with van der Waals surface area (Å²) >= 11 is 2.78. The average Bonchev–Trinajstić information content (AvgIpc) is 2.28. The number of hydrogen-bond acceptors (Lipinski definition) is 2. The Bertz CT molecular complexity index is 450. The Morgan fingerprint density at radius 1 is 1.26 bits per heavy atom. The highest BCUT2D eigenvalue weighted by Gasteiger charge is 2.55. The molecule has 0 aliphatic heterocycles. The van der Waals surface area contributed by atoms with Gasteiger partial charge in [-0.2, -0.15) is 22.0 Å². The van der Waals surface area contributed by atoms with Gasteiger partial charge in [0.15, 0.2) is 0 Å². The van der Waals surface area contributed by atoms with E-state index in [9.17, 15) is 31.4 Å². The molecule has 0 saturated carbocycles. The zero-order valence-corrected chi connectivity index (χ0v) is 10.6. The van der Waals surface area contributed by atoms with Crippen molar-refractivity contribution < 1.29 is 36.2 Å². The minimum atomic E-state index is -5.29. The fourth-order valence-electron chi connectivity index (χ4n) is 1.26. The summed E-state index contributed by atoms with van der Waals surface area (Å²) in [6.45, 7) is -5.41. The van der Waals surface area contributed by atoms with Gasteiger partial charge in [-0.25, -0.2) is 4.39 Å². The highest BCUT2D eigenvalue weighted by Crippen LogP contribution is 2.41. The van der Waals surface area contributed by atoms with E-state index in [4.69, 9.17) is 0 Å². The molecule has 0 radical (unpaired) electrons. The zero-order valence-electron chi connectivity index (χ0n) is 9.02. The van der Waals surface area contributed by atoms with Gasteiger partial charge in [0.1, 0.15) is 12.4 Å². The molecule has 0 saturated heterocycles. The number of rotatable bonds is 4. The number of benzene rings is 1. The topological polar surface area (TPSA) is 29.5 Å². The van der Waals surface area contributed by atoms with Crippen molar-refractivity contribution in [2.24, 2.45) is 0 Å². The van der Waals surface area contributed by atoms with Crippen LogP contribution in [0.25, 0.3) is 0 Å². The SMILES string of the molecule is OC(CF)(c1ccc(Br)c(OC(F)F)c1)C(F)(F)F. The van der Waals surface area contributed by atoms with Crippen molar-refractivity contribution in [1.29, 1.82) is 0 Å². The maximum atomic E-state index is 12.6. The van der Waals surface area contributed by atoms with Crippen LogP contribution in [-0.4, -0.2) is 24.6 Å². The third-order valence-electron chi connectivity index (χ3n) is 2.29. The van der Waals surface area contributed by atoms with E-state index in [1.807, 2.05) is 0 Å². The van der Waals surface area contributed by atoms with Crippen LogP contribution < -0.4 is 4.74 Å². The van der Waals surface area contributed by atoms with Gasteiger partial charge in [-0.15, -0.1) is 0 Å². The number of ether oxygens (including phenoxy) is 1. The third kappa shape index (κ3) is 3.33. The highest BCUT2D eigenvalue weighted by atomic mass is 79.9. The summed E-state index contributed by atoms with van der Waals surface area (Å²) in [7, 11) is 0. The lowest BCUT2D eigenvalue weighted by molar-refractivity contribution is -0.271. The molecule has 1 unspecified atom stereocenters. The first-order chi connectivity index (χ1) is 8.61. The summed E-state index contributed by atoms with van der Waals surface area (Å²) in [5.74, 6) is -0.636. The Kier molecular flexibility index (Phi) is 4.72. The second kappa shape index (κ2) is 5.58. The largest absolute Gasteiger partial charge is 0.434 e. The highest BCUT2D eigenvalue weighted by molar-refractivity contribution is 9.10. The van der Waals surface area contributed by atoms with Crippen LogP contribution in [-0.2, 0) is 5.60 Å². The molecular weight excluding hydrogens is 346 g/mol. The van der Waals surface area contributed by atoms with E-state index in [0.717, 1.165) is 12.1 Å². The van der Waals surface area contributed by atoms with Gasteiger partial charge in [-0.3, -0.25) is 0 Å². The van der Waals surface area contributed by atoms with E-state index in [2.05, 4.69) is 20.7 Å². The molecule has 0 aliphatic rings. The summed E-state index contributed by atoms with van der Waals surface area (Å²) in [6, 6.07) is 2.21. The molecule has 108 valence electrons. The monoisotopic (exact) mass is 352 g/mol. The fourth-order valence-corrected chi connectivity index (χ4v) is 1.60. The molecule has 0 bridgehead atoms. The molecule has 0 aliphatic carbocycles. The maximum absolute atomic E-state index is 12.6. The van der Waals surface area contributed by atoms with Crippen molar-refractivity contribution in [3.05, 3.63) is 28.2 Å². The van der Waals surface area contributed by atoms with Gasteiger partial charge < -0.3 is 9.84 Å². The van der Waals surface area contributed by atoms with Crippen LogP contribution >= 0.6 is 15.9 Å². The summed E-state index contributed by atoms with van der Waals surface area (Å²) in [6.07, 6.45) is -5.29. The van der Waals surface area contributed by atoms with Crippen LogP contribution in [0.3, 0.4) is 0 Å². The Morgan fingerprint density at radius 3 is 2.26 bits per heavy atom. The van der Waals surface area contributed by atoms with E-state index in [-0.39, 0.29) is 4.47 Å². The Hall–Kier alpha value is -0.960. The van der Waals surface area contributed by atoms with Gasteiger partial charge in [-0.1, -0.05) is 6.07 Å². The first kappa shape index (κ1) is 16.1. The van der Waals surface area contributed by atoms with Crippen molar-refractivity contribution in [3.63, 3.8) is 0 Å². The van der Waals surface area contributed by atoms with Crippen LogP contribution in [0.15, 0.2) is 22.7 Å². The second-order valence-corrected chi connectivity index (χ2v) is 4.37. The first-order valence-electron chi connectivity index (χ1n) is 4.71. The Morgan fingerprint density at radius 2 is 1.84 bits per heavy atom. The predicted molar refractivity (Wildman–Crippen MR) is 56.7 cm³/mol. The fraction of sp³-hybridized carbons (Fsp3) is 0.400. The van der Waals surface area contributed by atoms with Gasteiger partial charge in [0.25, 0.3) is 0 Å². The minimum Gasteiger partial charge on any atom is -0.434 e. The number of aliphatic hydroxyl groups is 1. The molecule has 19 heavy (non-hydrogen) atoms. The maximum Gasteiger partial charge on any atom is 0.424 e. The summed E-state index contributed by atoms with van der Waals surface area (Å²) in [4.78, 5) is 0. The Balaban J connectivity index is 3.27. The van der Waals surface area contributed by atoms with E-state index in [1.165, 1.54) is 0 Å². The predicted octanol–water partition coefficient (Wildman–Crippen LogP) is 3.77. The molecule has 9 heteroatoms. The van der Waals surface area contributed by atoms with Gasteiger partial charge in [-0.05, 0) is 33.6 Å². The van der Waals surface area contributed by atoms with E-state index >= 15 is 0 Å². The molecule has 0 amide bonds. The van der Waals surface area contributed by atoms with Crippen LogP contribution in [0, 0.1) is 0 Å². The Labute approximate surface area is 112 Å². The average molecular weight is 353 g/mol.